The molecule has 0 atom stereocenters. The van der Waals surface area contributed by atoms with E-state index in [0.717, 1.165) is 18.4 Å². The molecule has 1 aliphatic rings. The van der Waals surface area contributed by atoms with Crippen molar-refractivity contribution in [2.24, 2.45) is 0 Å². The topological polar surface area (TPSA) is 61.8 Å². The van der Waals surface area contributed by atoms with Crippen molar-refractivity contribution in [3.05, 3.63) is 46.7 Å². The molecule has 0 saturated heterocycles. The van der Waals surface area contributed by atoms with Gasteiger partial charge in [-0.25, -0.2) is 9.59 Å². The summed E-state index contributed by atoms with van der Waals surface area (Å²) in [5.74, 6) is -0.000860. The molecule has 0 saturated carbocycles. The minimum atomic E-state index is -0.342. The van der Waals surface area contributed by atoms with Crippen molar-refractivity contribution in [1.82, 2.24) is 0 Å². The molecule has 0 N–H and O–H groups in total. The molecular weight excluding hydrogens is 272 g/mol. The van der Waals surface area contributed by atoms with Crippen LogP contribution in [0.15, 0.2) is 35.6 Å². The quantitative estimate of drug-likeness (QED) is 0.752. The van der Waals surface area contributed by atoms with E-state index in [-0.39, 0.29) is 18.5 Å². The molecule has 0 bridgehead atoms. The van der Waals surface area contributed by atoms with Gasteiger partial charge >= 0.3 is 11.9 Å². The lowest BCUT2D eigenvalue weighted by molar-refractivity contribution is -0.136. The number of cyclic esters (lactones) is 1. The number of ether oxygens (including phenoxy) is 3. The van der Waals surface area contributed by atoms with E-state index in [9.17, 15) is 9.59 Å². The number of benzene rings is 1. The Kier molecular flexibility index (Phi) is 4.98. The maximum absolute atomic E-state index is 11.5. The first-order valence-electron chi connectivity index (χ1n) is 6.76. The Labute approximate surface area is 123 Å². The molecule has 21 heavy (non-hydrogen) atoms. The highest BCUT2D eigenvalue weighted by molar-refractivity contribution is 5.91. The molecule has 0 aromatic heterocycles. The van der Waals surface area contributed by atoms with Crippen molar-refractivity contribution in [2.75, 3.05) is 20.8 Å². The predicted octanol–water partition coefficient (Wildman–Crippen LogP) is 2.25. The molecule has 0 fully saturated rings. The summed E-state index contributed by atoms with van der Waals surface area (Å²) < 4.78 is 14.7. The molecule has 0 aliphatic carbocycles. The minimum absolute atomic E-state index is 0.235. The van der Waals surface area contributed by atoms with Crippen LogP contribution < -0.4 is 0 Å². The van der Waals surface area contributed by atoms with Gasteiger partial charge in [0.05, 0.1) is 25.4 Å². The van der Waals surface area contributed by atoms with Crippen LogP contribution in [0, 0.1) is 0 Å². The van der Waals surface area contributed by atoms with Crippen LogP contribution in [0.1, 0.15) is 28.8 Å². The molecule has 5 heteroatoms. The molecule has 1 aliphatic heterocycles. The smallest absolute Gasteiger partial charge is 0.338 e. The normalized spacial score (nSPS) is 14.1. The van der Waals surface area contributed by atoms with Crippen LogP contribution in [0.4, 0.5) is 0 Å². The van der Waals surface area contributed by atoms with E-state index in [1.807, 2.05) is 12.1 Å². The van der Waals surface area contributed by atoms with Gasteiger partial charge in [-0.2, -0.15) is 0 Å². The Morgan fingerprint density at radius 2 is 1.90 bits per heavy atom. The molecule has 0 radical (unpaired) electrons. The van der Waals surface area contributed by atoms with Gasteiger partial charge in [-0.15, -0.1) is 0 Å². The molecule has 0 unspecified atom stereocenters. The zero-order valence-corrected chi connectivity index (χ0v) is 12.2. The number of methoxy groups -OCH3 is 2. The molecule has 1 aromatic carbocycles. The molecule has 1 heterocycles. The van der Waals surface area contributed by atoms with Gasteiger partial charge in [-0.1, -0.05) is 12.1 Å². The fourth-order valence-electron chi connectivity index (χ4n) is 2.24. The summed E-state index contributed by atoms with van der Waals surface area (Å²) in [6.07, 6.45) is 2.25. The van der Waals surface area contributed by atoms with Gasteiger partial charge < -0.3 is 14.2 Å². The molecule has 0 spiro atoms. The maximum atomic E-state index is 11.5. The van der Waals surface area contributed by atoms with Crippen LogP contribution in [0.25, 0.3) is 0 Å². The number of carbonyl (C=O) groups excluding carboxylic acids is 2. The Morgan fingerprint density at radius 3 is 2.52 bits per heavy atom. The summed E-state index contributed by atoms with van der Waals surface area (Å²) in [5, 5.41) is 0. The Morgan fingerprint density at radius 1 is 1.19 bits per heavy atom. The van der Waals surface area contributed by atoms with E-state index in [1.165, 1.54) is 7.11 Å². The lowest BCUT2D eigenvalue weighted by atomic mass is 10.0. The standard InChI is InChI=1S/C16H18O5/c1-19-14-10-21-16(18)13(14)5-3-4-11-6-8-12(9-7-11)15(17)20-2/h6-9H,3-5,10H2,1-2H3. The highest BCUT2D eigenvalue weighted by Gasteiger charge is 2.24. The molecule has 112 valence electrons. The van der Waals surface area contributed by atoms with Crippen LogP contribution in [-0.2, 0) is 25.4 Å². The average molecular weight is 290 g/mol. The van der Waals surface area contributed by atoms with Crippen LogP contribution in [0.5, 0.6) is 0 Å². The zero-order chi connectivity index (χ0) is 15.2. The van der Waals surface area contributed by atoms with Crippen molar-refractivity contribution >= 4 is 11.9 Å². The van der Waals surface area contributed by atoms with Crippen LogP contribution in [0.3, 0.4) is 0 Å². The summed E-state index contributed by atoms with van der Waals surface area (Å²) in [6, 6.07) is 7.27. The second kappa shape index (κ2) is 6.92. The predicted molar refractivity (Wildman–Crippen MR) is 75.7 cm³/mol. The summed E-state index contributed by atoms with van der Waals surface area (Å²) in [4.78, 5) is 22.9. The summed E-state index contributed by atoms with van der Waals surface area (Å²) in [6.45, 7) is 0.235. The number of carbonyl (C=O) groups is 2. The summed E-state index contributed by atoms with van der Waals surface area (Å²) in [5.41, 5.74) is 2.27. The van der Waals surface area contributed by atoms with Gasteiger partial charge in [0.2, 0.25) is 0 Å². The molecule has 5 nitrogen and oxygen atoms in total. The average Bonchev–Trinajstić information content (AvgIpc) is 2.87. The van der Waals surface area contributed by atoms with E-state index in [2.05, 4.69) is 4.74 Å². The molecule has 0 amide bonds. The lowest BCUT2D eigenvalue weighted by Gasteiger charge is -2.04. The fraction of sp³-hybridized carbons (Fsp3) is 0.375. The van der Waals surface area contributed by atoms with Gasteiger partial charge in [0.1, 0.15) is 12.4 Å². The second-order valence-electron chi connectivity index (χ2n) is 4.72. The minimum Gasteiger partial charge on any atom is -0.497 e. The van der Waals surface area contributed by atoms with Crippen LogP contribution in [-0.4, -0.2) is 32.8 Å². The van der Waals surface area contributed by atoms with Gasteiger partial charge in [-0.3, -0.25) is 0 Å². The Balaban J connectivity index is 1.89. The highest BCUT2D eigenvalue weighted by Crippen LogP contribution is 2.22. The third kappa shape index (κ3) is 3.62. The monoisotopic (exact) mass is 290 g/mol. The van der Waals surface area contributed by atoms with Crippen molar-refractivity contribution in [3.8, 4) is 0 Å². The van der Waals surface area contributed by atoms with Gasteiger partial charge in [0.15, 0.2) is 0 Å². The van der Waals surface area contributed by atoms with Crippen molar-refractivity contribution in [1.29, 1.82) is 0 Å². The van der Waals surface area contributed by atoms with Crippen molar-refractivity contribution in [2.45, 2.75) is 19.3 Å². The van der Waals surface area contributed by atoms with E-state index < -0.39 is 0 Å². The van der Waals surface area contributed by atoms with E-state index in [0.29, 0.717) is 23.3 Å². The third-order valence-electron chi connectivity index (χ3n) is 3.43. The fourth-order valence-corrected chi connectivity index (χ4v) is 2.24. The van der Waals surface area contributed by atoms with Gasteiger partial charge in [0, 0.05) is 0 Å². The SMILES string of the molecule is COC(=O)c1ccc(CCCC2=C(OC)COC2=O)cc1. The largest absolute Gasteiger partial charge is 0.497 e. The van der Waals surface area contributed by atoms with Gasteiger partial charge in [-0.05, 0) is 37.0 Å². The first kappa shape index (κ1) is 15.1. The number of hydrogen-bond donors (Lipinski definition) is 0. The Hall–Kier alpha value is -2.30. The van der Waals surface area contributed by atoms with Crippen LogP contribution in [0.2, 0.25) is 0 Å². The zero-order valence-electron chi connectivity index (χ0n) is 12.2. The summed E-state index contributed by atoms with van der Waals surface area (Å²) in [7, 11) is 2.90. The maximum Gasteiger partial charge on any atom is 0.338 e. The third-order valence-corrected chi connectivity index (χ3v) is 3.43. The second-order valence-corrected chi connectivity index (χ2v) is 4.72. The molecular formula is C16H18O5. The van der Waals surface area contributed by atoms with Crippen LogP contribution >= 0.6 is 0 Å². The first-order valence-corrected chi connectivity index (χ1v) is 6.76. The van der Waals surface area contributed by atoms with Gasteiger partial charge in [0.25, 0.3) is 0 Å². The summed E-state index contributed by atoms with van der Waals surface area (Å²) >= 11 is 0. The Bertz CT molecular complexity index is 557. The number of esters is 2. The lowest BCUT2D eigenvalue weighted by Crippen LogP contribution is -2.02. The van der Waals surface area contributed by atoms with Crippen molar-refractivity contribution in [3.63, 3.8) is 0 Å². The van der Waals surface area contributed by atoms with E-state index in [4.69, 9.17) is 9.47 Å². The van der Waals surface area contributed by atoms with E-state index in [1.54, 1.807) is 19.2 Å². The highest BCUT2D eigenvalue weighted by atomic mass is 16.6. The van der Waals surface area contributed by atoms with Crippen molar-refractivity contribution < 1.29 is 23.8 Å². The number of aryl methyl sites for hydroxylation is 1. The molecule has 2 rings (SSSR count). The number of rotatable bonds is 6. The first-order chi connectivity index (χ1) is 10.2. The molecule has 1 aromatic rings. The van der Waals surface area contributed by atoms with E-state index >= 15 is 0 Å². The number of hydrogen-bond acceptors (Lipinski definition) is 5.